The topological polar surface area (TPSA) is 36.1 Å². The Morgan fingerprint density at radius 1 is 1.33 bits per heavy atom. The highest BCUT2D eigenvalue weighted by Gasteiger charge is 2.54. The van der Waals surface area contributed by atoms with E-state index in [0.717, 1.165) is 37.9 Å². The van der Waals surface area contributed by atoms with Crippen LogP contribution in [0.15, 0.2) is 30.5 Å². The van der Waals surface area contributed by atoms with Crippen LogP contribution in [0.2, 0.25) is 0 Å². The first-order valence-corrected chi connectivity index (χ1v) is 8.07. The maximum atomic E-state index is 13.1. The number of carbonyl (C=O) groups excluding carboxylic acids is 1. The van der Waals surface area contributed by atoms with Crippen molar-refractivity contribution in [1.29, 1.82) is 0 Å². The number of H-pyrrole nitrogens is 1. The fourth-order valence-corrected chi connectivity index (χ4v) is 3.87. The van der Waals surface area contributed by atoms with Crippen LogP contribution in [-0.4, -0.2) is 28.9 Å². The maximum absolute atomic E-state index is 13.1. The number of nitrogens with zero attached hydrogens (tertiary/aromatic N) is 1. The summed E-state index contributed by atoms with van der Waals surface area (Å²) in [5.74, 6) is 1.00. The monoisotopic (exact) mass is 282 g/mol. The standard InChI is InChI=1S/C18H22N2O/c1-13-5-4-10-20(12-13)17(21)18(8-9-18)15-11-19-16-7-3-2-6-14(15)16/h2-3,6-7,11,13,19H,4-5,8-10,12H2,1H3. The predicted octanol–water partition coefficient (Wildman–Crippen LogP) is 3.46. The molecule has 1 saturated carbocycles. The van der Waals surface area contributed by atoms with Gasteiger partial charge in [-0.05, 0) is 43.2 Å². The highest BCUT2D eigenvalue weighted by molar-refractivity contribution is 5.97. The average Bonchev–Trinajstić information content (AvgIpc) is 3.19. The largest absolute Gasteiger partial charge is 0.361 e. The molecular weight excluding hydrogens is 260 g/mol. The lowest BCUT2D eigenvalue weighted by Crippen LogP contribution is -2.44. The first-order chi connectivity index (χ1) is 10.2. The molecule has 1 amide bonds. The fraction of sp³-hybridized carbons (Fsp3) is 0.500. The Hall–Kier alpha value is -1.77. The van der Waals surface area contributed by atoms with Crippen LogP contribution in [-0.2, 0) is 10.2 Å². The van der Waals surface area contributed by atoms with Gasteiger partial charge in [0.25, 0.3) is 0 Å². The van der Waals surface area contributed by atoms with Gasteiger partial charge in [0.1, 0.15) is 0 Å². The lowest BCUT2D eigenvalue weighted by Gasteiger charge is -2.33. The molecule has 3 heteroatoms. The molecule has 1 atom stereocenters. The number of hydrogen-bond acceptors (Lipinski definition) is 1. The molecule has 2 aliphatic rings. The minimum Gasteiger partial charge on any atom is -0.361 e. The zero-order valence-corrected chi connectivity index (χ0v) is 12.6. The van der Waals surface area contributed by atoms with E-state index in [-0.39, 0.29) is 5.41 Å². The number of piperidine rings is 1. The molecule has 4 rings (SSSR count). The van der Waals surface area contributed by atoms with E-state index in [1.54, 1.807) is 0 Å². The van der Waals surface area contributed by atoms with Crippen molar-refractivity contribution in [3.63, 3.8) is 0 Å². The first kappa shape index (κ1) is 12.9. The third-order valence-electron chi connectivity index (χ3n) is 5.21. The van der Waals surface area contributed by atoms with Crippen molar-refractivity contribution < 1.29 is 4.79 Å². The van der Waals surface area contributed by atoms with Crippen LogP contribution >= 0.6 is 0 Å². The second-order valence-corrected chi connectivity index (χ2v) is 6.83. The van der Waals surface area contributed by atoms with Gasteiger partial charge >= 0.3 is 0 Å². The number of nitrogens with one attached hydrogen (secondary N) is 1. The Morgan fingerprint density at radius 3 is 2.90 bits per heavy atom. The second kappa shape index (κ2) is 4.62. The number of fused-ring (bicyclic) bond motifs is 1. The molecule has 0 spiro atoms. The summed E-state index contributed by atoms with van der Waals surface area (Å²) in [6.45, 7) is 4.13. The average molecular weight is 282 g/mol. The van der Waals surface area contributed by atoms with Gasteiger partial charge in [0.2, 0.25) is 5.91 Å². The molecule has 2 heterocycles. The van der Waals surface area contributed by atoms with Crippen LogP contribution in [0.3, 0.4) is 0 Å². The summed E-state index contributed by atoms with van der Waals surface area (Å²) in [7, 11) is 0. The van der Waals surface area contributed by atoms with Crippen LogP contribution < -0.4 is 0 Å². The van der Waals surface area contributed by atoms with Crippen molar-refractivity contribution >= 4 is 16.8 Å². The molecule has 2 fully saturated rings. The van der Waals surface area contributed by atoms with Crippen LogP contribution in [0.1, 0.15) is 38.2 Å². The summed E-state index contributed by atoms with van der Waals surface area (Å²) in [6.07, 6.45) is 6.46. The van der Waals surface area contributed by atoms with Crippen molar-refractivity contribution in [1.82, 2.24) is 9.88 Å². The summed E-state index contributed by atoms with van der Waals surface area (Å²) in [4.78, 5) is 18.5. The van der Waals surface area contributed by atoms with Crippen molar-refractivity contribution in [3.05, 3.63) is 36.0 Å². The zero-order chi connectivity index (χ0) is 14.4. The van der Waals surface area contributed by atoms with Crippen molar-refractivity contribution in [2.45, 2.75) is 38.0 Å². The van der Waals surface area contributed by atoms with Crippen LogP contribution in [0.25, 0.3) is 10.9 Å². The number of carbonyl (C=O) groups is 1. The predicted molar refractivity (Wildman–Crippen MR) is 84.2 cm³/mol. The quantitative estimate of drug-likeness (QED) is 0.899. The van der Waals surface area contributed by atoms with Gasteiger partial charge in [-0.1, -0.05) is 25.1 Å². The Balaban J connectivity index is 1.69. The zero-order valence-electron chi connectivity index (χ0n) is 12.6. The molecule has 1 aliphatic carbocycles. The van der Waals surface area contributed by atoms with Crippen LogP contribution in [0, 0.1) is 5.92 Å². The molecule has 110 valence electrons. The first-order valence-electron chi connectivity index (χ1n) is 8.07. The summed E-state index contributed by atoms with van der Waals surface area (Å²) in [6, 6.07) is 8.31. The number of para-hydroxylation sites is 1. The van der Waals surface area contributed by atoms with E-state index in [9.17, 15) is 4.79 Å². The van der Waals surface area contributed by atoms with Gasteiger partial charge in [0, 0.05) is 30.2 Å². The van der Waals surface area contributed by atoms with Gasteiger partial charge in [-0.3, -0.25) is 4.79 Å². The third-order valence-corrected chi connectivity index (χ3v) is 5.21. The van der Waals surface area contributed by atoms with E-state index < -0.39 is 0 Å². The lowest BCUT2D eigenvalue weighted by atomic mass is 9.91. The molecule has 3 nitrogen and oxygen atoms in total. The number of aromatic amines is 1. The normalized spacial score (nSPS) is 24.2. The van der Waals surface area contributed by atoms with Crippen molar-refractivity contribution in [2.24, 2.45) is 5.92 Å². The Bertz CT molecular complexity index is 683. The molecule has 0 bridgehead atoms. The molecule has 1 saturated heterocycles. The van der Waals surface area contributed by atoms with E-state index >= 15 is 0 Å². The summed E-state index contributed by atoms with van der Waals surface area (Å²) >= 11 is 0. The van der Waals surface area contributed by atoms with Gasteiger partial charge in [-0.25, -0.2) is 0 Å². The summed E-state index contributed by atoms with van der Waals surface area (Å²) < 4.78 is 0. The third kappa shape index (κ3) is 1.98. The summed E-state index contributed by atoms with van der Waals surface area (Å²) in [5, 5.41) is 1.22. The molecule has 1 aromatic carbocycles. The van der Waals surface area contributed by atoms with E-state index in [0.29, 0.717) is 11.8 Å². The molecule has 1 aromatic heterocycles. The minimum atomic E-state index is -0.239. The molecule has 2 aromatic rings. The molecule has 1 unspecified atom stereocenters. The SMILES string of the molecule is CC1CCCN(C(=O)C2(c3c[nH]c4ccccc34)CC2)C1. The fourth-order valence-electron chi connectivity index (χ4n) is 3.87. The molecule has 0 radical (unpaired) electrons. The maximum Gasteiger partial charge on any atom is 0.233 e. The van der Waals surface area contributed by atoms with E-state index in [4.69, 9.17) is 0 Å². The Kier molecular flexibility index (Phi) is 2.84. The number of amides is 1. The Morgan fingerprint density at radius 2 is 2.14 bits per heavy atom. The number of aromatic nitrogens is 1. The van der Waals surface area contributed by atoms with Crippen LogP contribution in [0.4, 0.5) is 0 Å². The summed E-state index contributed by atoms with van der Waals surface area (Å²) in [5.41, 5.74) is 2.11. The van der Waals surface area contributed by atoms with E-state index in [1.165, 1.54) is 17.4 Å². The van der Waals surface area contributed by atoms with E-state index in [1.807, 2.05) is 6.07 Å². The lowest BCUT2D eigenvalue weighted by molar-refractivity contribution is -0.135. The van der Waals surface area contributed by atoms with E-state index in [2.05, 4.69) is 41.2 Å². The highest BCUT2D eigenvalue weighted by atomic mass is 16.2. The number of likely N-dealkylation sites (tertiary alicyclic amines) is 1. The van der Waals surface area contributed by atoms with Gasteiger partial charge in [0.15, 0.2) is 0 Å². The smallest absolute Gasteiger partial charge is 0.233 e. The number of hydrogen-bond donors (Lipinski definition) is 1. The van der Waals surface area contributed by atoms with Crippen molar-refractivity contribution in [2.75, 3.05) is 13.1 Å². The molecular formula is C18H22N2O. The molecule has 1 N–H and O–H groups in total. The number of rotatable bonds is 2. The van der Waals surface area contributed by atoms with Gasteiger partial charge in [-0.2, -0.15) is 0 Å². The minimum absolute atomic E-state index is 0.239. The van der Waals surface area contributed by atoms with Crippen LogP contribution in [0.5, 0.6) is 0 Å². The number of benzene rings is 1. The van der Waals surface area contributed by atoms with Gasteiger partial charge < -0.3 is 9.88 Å². The van der Waals surface area contributed by atoms with Gasteiger partial charge in [0.05, 0.1) is 5.41 Å². The van der Waals surface area contributed by atoms with Crippen molar-refractivity contribution in [3.8, 4) is 0 Å². The second-order valence-electron chi connectivity index (χ2n) is 6.83. The highest BCUT2D eigenvalue weighted by Crippen LogP contribution is 2.52. The molecule has 1 aliphatic heterocycles. The Labute approximate surface area is 125 Å². The molecule has 21 heavy (non-hydrogen) atoms. The van der Waals surface area contributed by atoms with Gasteiger partial charge in [-0.15, -0.1) is 0 Å².